The van der Waals surface area contributed by atoms with E-state index in [0.29, 0.717) is 5.69 Å². The van der Waals surface area contributed by atoms with Crippen molar-refractivity contribution in [3.05, 3.63) is 16.1 Å². The highest BCUT2D eigenvalue weighted by Gasteiger charge is 2.18. The maximum absolute atomic E-state index is 11.0. The smallest absolute Gasteiger partial charge is 0.283 e. The fourth-order valence-electron chi connectivity index (χ4n) is 1.93. The van der Waals surface area contributed by atoms with Crippen molar-refractivity contribution in [1.29, 1.82) is 0 Å². The highest BCUT2D eigenvalue weighted by Crippen LogP contribution is 2.28. The molecule has 5 heteroatoms. The first-order valence-electron chi connectivity index (χ1n) is 5.47. The monoisotopic (exact) mass is 229 g/mol. The Bertz CT molecular complexity index is 366. The highest BCUT2D eigenvalue weighted by atomic mass is 32.2. The number of rotatable bonds is 4. The molecule has 1 aliphatic rings. The summed E-state index contributed by atoms with van der Waals surface area (Å²) in [6, 6.07) is 0. The van der Waals surface area contributed by atoms with Crippen LogP contribution in [-0.2, 0) is 6.54 Å². The fraction of sp³-hybridized carbons (Fsp3) is 0.800. The van der Waals surface area contributed by atoms with Gasteiger partial charge in [-0.25, -0.2) is 4.79 Å². The summed E-state index contributed by atoms with van der Waals surface area (Å²) < 4.78 is 6.47. The van der Waals surface area contributed by atoms with Crippen molar-refractivity contribution in [2.75, 3.05) is 5.75 Å². The standard InChI is InChI=1S/C10H16N2O2S/c1-8-10(13)14-11-12(8)6-7-15-9-4-2-3-5-9/h9H,2-7H2,1H3/p+1. The molecule has 1 heterocycles. The minimum Gasteiger partial charge on any atom is -0.283 e. The average Bonchev–Trinajstić information content (AvgIpc) is 2.83. The van der Waals surface area contributed by atoms with Gasteiger partial charge in [-0.2, -0.15) is 11.8 Å². The van der Waals surface area contributed by atoms with Crippen LogP contribution in [0.4, 0.5) is 0 Å². The number of aromatic nitrogens is 2. The lowest BCUT2D eigenvalue weighted by Crippen LogP contribution is -2.40. The van der Waals surface area contributed by atoms with Gasteiger partial charge in [-0.1, -0.05) is 17.5 Å². The van der Waals surface area contributed by atoms with E-state index in [9.17, 15) is 4.79 Å². The van der Waals surface area contributed by atoms with Gasteiger partial charge < -0.3 is 0 Å². The second-order valence-electron chi connectivity index (χ2n) is 4.00. The van der Waals surface area contributed by atoms with Crippen LogP contribution in [0.2, 0.25) is 0 Å². The van der Waals surface area contributed by atoms with Crippen molar-refractivity contribution >= 4 is 11.8 Å². The van der Waals surface area contributed by atoms with Gasteiger partial charge in [-0.15, -0.1) is 0 Å². The van der Waals surface area contributed by atoms with Crippen molar-refractivity contribution in [2.45, 2.75) is 44.4 Å². The molecule has 1 aromatic rings. The van der Waals surface area contributed by atoms with Gasteiger partial charge in [0.15, 0.2) is 6.54 Å². The first-order chi connectivity index (χ1) is 7.27. The quantitative estimate of drug-likeness (QED) is 0.790. The Morgan fingerprint density at radius 2 is 2.27 bits per heavy atom. The molecule has 0 unspecified atom stereocenters. The second kappa shape index (κ2) is 4.88. The normalized spacial score (nSPS) is 17.4. The van der Waals surface area contributed by atoms with Crippen LogP contribution >= 0.6 is 11.8 Å². The molecule has 1 N–H and O–H groups in total. The van der Waals surface area contributed by atoms with Gasteiger partial charge in [0.1, 0.15) is 0 Å². The number of hydrogen-bond acceptors (Lipinski definition) is 3. The zero-order chi connectivity index (χ0) is 10.7. The minimum atomic E-state index is -0.263. The predicted molar refractivity (Wildman–Crippen MR) is 59.0 cm³/mol. The second-order valence-corrected chi connectivity index (χ2v) is 5.40. The molecule has 2 rings (SSSR count). The predicted octanol–water partition coefficient (Wildman–Crippen LogP) is 1.24. The molecule has 15 heavy (non-hydrogen) atoms. The maximum atomic E-state index is 11.0. The van der Waals surface area contributed by atoms with Crippen LogP contribution in [0.1, 0.15) is 31.4 Å². The van der Waals surface area contributed by atoms with Crippen LogP contribution in [-0.4, -0.2) is 16.3 Å². The molecule has 1 aromatic heterocycles. The summed E-state index contributed by atoms with van der Waals surface area (Å²) in [4.78, 5) is 11.0. The molecule has 84 valence electrons. The Morgan fingerprint density at radius 1 is 1.53 bits per heavy atom. The summed E-state index contributed by atoms with van der Waals surface area (Å²) in [6.45, 7) is 2.61. The molecule has 0 aliphatic heterocycles. The third kappa shape index (κ3) is 2.65. The van der Waals surface area contributed by atoms with Crippen molar-refractivity contribution in [2.24, 2.45) is 0 Å². The van der Waals surface area contributed by atoms with Crippen LogP contribution in [0.25, 0.3) is 0 Å². The Hall–Kier alpha value is -0.710. The van der Waals surface area contributed by atoms with Gasteiger partial charge in [0.05, 0.1) is 5.75 Å². The molecular formula is C10H17N2O2S+. The van der Waals surface area contributed by atoms with Gasteiger partial charge in [0.2, 0.25) is 0 Å². The van der Waals surface area contributed by atoms with E-state index in [1.165, 1.54) is 25.7 Å². The van der Waals surface area contributed by atoms with E-state index in [1.54, 1.807) is 11.6 Å². The fourth-order valence-corrected chi connectivity index (χ4v) is 3.22. The lowest BCUT2D eigenvalue weighted by molar-refractivity contribution is -0.763. The van der Waals surface area contributed by atoms with Crippen LogP contribution in [0, 0.1) is 6.92 Å². The third-order valence-corrected chi connectivity index (χ3v) is 4.28. The largest absolute Gasteiger partial charge is 0.429 e. The Kier molecular flexibility index (Phi) is 3.51. The number of H-pyrrole nitrogens is 1. The molecule has 0 atom stereocenters. The van der Waals surface area contributed by atoms with E-state index in [-0.39, 0.29) is 5.63 Å². The lowest BCUT2D eigenvalue weighted by Gasteiger charge is -2.05. The zero-order valence-corrected chi connectivity index (χ0v) is 9.81. The molecule has 0 aromatic carbocycles. The number of aryl methyl sites for hydroxylation is 1. The minimum absolute atomic E-state index is 0.263. The Labute approximate surface area is 93.0 Å². The number of thioether (sulfide) groups is 1. The van der Waals surface area contributed by atoms with Crippen LogP contribution in [0.5, 0.6) is 0 Å². The summed E-state index contributed by atoms with van der Waals surface area (Å²) in [5.41, 5.74) is 0.392. The number of nitrogens with zero attached hydrogens (tertiary/aromatic N) is 1. The first-order valence-corrected chi connectivity index (χ1v) is 6.52. The van der Waals surface area contributed by atoms with E-state index in [0.717, 1.165) is 17.5 Å². The Morgan fingerprint density at radius 3 is 2.87 bits per heavy atom. The van der Waals surface area contributed by atoms with Crippen LogP contribution < -0.4 is 10.3 Å². The summed E-state index contributed by atoms with van der Waals surface area (Å²) in [5.74, 6) is 1.05. The molecule has 0 bridgehead atoms. The van der Waals surface area contributed by atoms with Gasteiger partial charge in [0.25, 0.3) is 5.69 Å². The molecule has 1 fully saturated rings. The number of aromatic amines is 1. The van der Waals surface area contributed by atoms with Crippen molar-refractivity contribution in [3.63, 3.8) is 0 Å². The molecule has 0 spiro atoms. The number of nitrogens with one attached hydrogen (secondary N) is 1. The van der Waals surface area contributed by atoms with E-state index in [1.807, 2.05) is 11.8 Å². The van der Waals surface area contributed by atoms with Crippen molar-refractivity contribution < 1.29 is 9.20 Å². The third-order valence-electron chi connectivity index (χ3n) is 2.92. The molecule has 0 radical (unpaired) electrons. The van der Waals surface area contributed by atoms with Crippen LogP contribution in [0.3, 0.4) is 0 Å². The molecule has 0 amide bonds. The van der Waals surface area contributed by atoms with E-state index in [2.05, 4.69) is 5.27 Å². The molecule has 1 saturated carbocycles. The maximum Gasteiger partial charge on any atom is 0.429 e. The Balaban J connectivity index is 1.78. The zero-order valence-electron chi connectivity index (χ0n) is 8.99. The van der Waals surface area contributed by atoms with Gasteiger partial charge in [-0.3, -0.25) is 4.52 Å². The molecule has 0 saturated heterocycles. The van der Waals surface area contributed by atoms with Gasteiger partial charge >= 0.3 is 5.63 Å². The molecule has 4 nitrogen and oxygen atoms in total. The summed E-state index contributed by atoms with van der Waals surface area (Å²) >= 11 is 2.01. The van der Waals surface area contributed by atoms with Crippen molar-refractivity contribution in [1.82, 2.24) is 5.27 Å². The number of hydrogen-bond donors (Lipinski definition) is 1. The van der Waals surface area contributed by atoms with Gasteiger partial charge in [0, 0.05) is 12.2 Å². The van der Waals surface area contributed by atoms with E-state index in [4.69, 9.17) is 4.52 Å². The first kappa shape index (κ1) is 10.8. The summed E-state index contributed by atoms with van der Waals surface area (Å²) in [5, 5.41) is 3.45. The summed E-state index contributed by atoms with van der Waals surface area (Å²) in [6.07, 6.45) is 5.48. The topological polar surface area (TPSA) is 49.9 Å². The SMILES string of the molecule is Cc1c(=O)o[nH][n+]1CCSC1CCCC1. The van der Waals surface area contributed by atoms with E-state index < -0.39 is 0 Å². The van der Waals surface area contributed by atoms with Crippen LogP contribution in [0.15, 0.2) is 9.32 Å². The lowest BCUT2D eigenvalue weighted by atomic mass is 10.4. The van der Waals surface area contributed by atoms with E-state index >= 15 is 0 Å². The molecule has 1 aliphatic carbocycles. The molecular weight excluding hydrogens is 212 g/mol. The average molecular weight is 229 g/mol. The summed E-state index contributed by atoms with van der Waals surface area (Å²) in [7, 11) is 0. The van der Waals surface area contributed by atoms with Crippen molar-refractivity contribution in [3.8, 4) is 0 Å². The highest BCUT2D eigenvalue weighted by molar-refractivity contribution is 7.99. The van der Waals surface area contributed by atoms with Gasteiger partial charge in [-0.05, 0) is 18.1 Å².